The molecule has 0 radical (unpaired) electrons. The van der Waals surface area contributed by atoms with E-state index in [0.29, 0.717) is 10.7 Å². The summed E-state index contributed by atoms with van der Waals surface area (Å²) in [5, 5.41) is 4.23. The first-order valence-corrected chi connectivity index (χ1v) is 6.47. The summed E-state index contributed by atoms with van der Waals surface area (Å²) in [5.74, 6) is -2.66. The Morgan fingerprint density at radius 3 is 2.57 bits per heavy atom. The topological polar surface area (TPSA) is 88.1 Å². The molecule has 0 saturated carbocycles. The van der Waals surface area contributed by atoms with Crippen LogP contribution in [0.25, 0.3) is 0 Å². The van der Waals surface area contributed by atoms with Gasteiger partial charge in [-0.1, -0.05) is 11.6 Å². The Morgan fingerprint density at radius 2 is 1.95 bits per heavy atom. The van der Waals surface area contributed by atoms with E-state index in [0.717, 1.165) is 4.90 Å². The van der Waals surface area contributed by atoms with Crippen LogP contribution in [-0.2, 0) is 19.1 Å². The molecule has 1 fully saturated rings. The maximum absolute atomic E-state index is 12.5. The second-order valence-corrected chi connectivity index (χ2v) is 5.00. The van der Waals surface area contributed by atoms with Crippen LogP contribution >= 0.6 is 11.6 Å². The summed E-state index contributed by atoms with van der Waals surface area (Å²) in [7, 11) is 1.19. The second kappa shape index (κ2) is 4.85. The number of fused-ring (bicyclic) bond motifs is 1. The number of benzene rings is 1. The lowest BCUT2D eigenvalue weighted by Crippen LogP contribution is -2.36. The van der Waals surface area contributed by atoms with Gasteiger partial charge >= 0.3 is 5.97 Å². The number of nitrogens with zero attached hydrogens (tertiary/aromatic N) is 2. The molecule has 8 heteroatoms. The van der Waals surface area contributed by atoms with Crippen molar-refractivity contribution in [2.75, 3.05) is 12.0 Å². The van der Waals surface area contributed by atoms with E-state index in [-0.39, 0.29) is 5.71 Å². The molecule has 2 atom stereocenters. The molecule has 21 heavy (non-hydrogen) atoms. The molecule has 0 unspecified atom stereocenters. The Hall–Kier alpha value is -2.41. The lowest BCUT2D eigenvalue weighted by Gasteiger charge is -2.15. The Morgan fingerprint density at radius 1 is 1.29 bits per heavy atom. The highest BCUT2D eigenvalue weighted by molar-refractivity contribution is 6.46. The van der Waals surface area contributed by atoms with E-state index in [1.165, 1.54) is 7.11 Å². The maximum Gasteiger partial charge on any atom is 0.355 e. The van der Waals surface area contributed by atoms with Crippen LogP contribution in [0.5, 0.6) is 0 Å². The van der Waals surface area contributed by atoms with Gasteiger partial charge in [-0.2, -0.15) is 5.10 Å². The van der Waals surface area contributed by atoms with Crippen LogP contribution in [0, 0.1) is 5.92 Å². The molecule has 2 aliphatic heterocycles. The van der Waals surface area contributed by atoms with E-state index in [1.807, 2.05) is 0 Å². The largest absolute Gasteiger partial charge is 0.464 e. The minimum Gasteiger partial charge on any atom is -0.464 e. The molecule has 2 heterocycles. The first-order chi connectivity index (χ1) is 10.0. The van der Waals surface area contributed by atoms with Gasteiger partial charge in [0.2, 0.25) is 5.91 Å². The van der Waals surface area contributed by atoms with Crippen molar-refractivity contribution in [2.45, 2.75) is 6.04 Å². The van der Waals surface area contributed by atoms with Gasteiger partial charge in [-0.05, 0) is 24.3 Å². The fourth-order valence-corrected chi connectivity index (χ4v) is 2.53. The van der Waals surface area contributed by atoms with Crippen molar-refractivity contribution in [1.29, 1.82) is 0 Å². The summed E-state index contributed by atoms with van der Waals surface area (Å²) in [5.41, 5.74) is 2.84. The van der Waals surface area contributed by atoms with E-state index in [9.17, 15) is 14.4 Å². The van der Waals surface area contributed by atoms with Gasteiger partial charge in [-0.25, -0.2) is 9.69 Å². The third kappa shape index (κ3) is 1.97. The number of halogens is 1. The summed E-state index contributed by atoms with van der Waals surface area (Å²) in [6, 6.07) is 5.41. The number of ether oxygens (including phenoxy) is 1. The molecule has 0 aromatic heterocycles. The quantitative estimate of drug-likeness (QED) is 0.628. The number of imide groups is 1. The molecule has 2 aliphatic rings. The number of amides is 2. The summed E-state index contributed by atoms with van der Waals surface area (Å²) in [6.45, 7) is 0. The smallest absolute Gasteiger partial charge is 0.355 e. The zero-order chi connectivity index (χ0) is 15.1. The molecule has 0 aliphatic carbocycles. The number of methoxy groups -OCH3 is 1. The molecule has 108 valence electrons. The summed E-state index contributed by atoms with van der Waals surface area (Å²) in [6.07, 6.45) is 0. The fourth-order valence-electron chi connectivity index (χ4n) is 2.41. The molecule has 2 amide bonds. The Kier molecular flexibility index (Phi) is 3.13. The predicted molar refractivity (Wildman–Crippen MR) is 73.8 cm³/mol. The molecular weight excluding hydrogens is 298 g/mol. The molecule has 3 rings (SSSR count). The number of carbonyl (C=O) groups excluding carboxylic acids is 3. The van der Waals surface area contributed by atoms with E-state index in [4.69, 9.17) is 11.6 Å². The van der Waals surface area contributed by atoms with Gasteiger partial charge in [-0.3, -0.25) is 15.0 Å². The number of hydrazone groups is 1. The number of esters is 1. The first-order valence-electron chi connectivity index (χ1n) is 6.09. The molecule has 1 N–H and O–H groups in total. The minimum absolute atomic E-state index is 0.0858. The average Bonchev–Trinajstić information content (AvgIpc) is 3.01. The van der Waals surface area contributed by atoms with Crippen LogP contribution < -0.4 is 10.3 Å². The number of carbonyl (C=O) groups is 3. The van der Waals surface area contributed by atoms with Gasteiger partial charge < -0.3 is 4.74 Å². The van der Waals surface area contributed by atoms with E-state index in [2.05, 4.69) is 15.3 Å². The van der Waals surface area contributed by atoms with Crippen molar-refractivity contribution in [1.82, 2.24) is 5.43 Å². The summed E-state index contributed by atoms with van der Waals surface area (Å²) in [4.78, 5) is 37.4. The lowest BCUT2D eigenvalue weighted by atomic mass is 9.99. The van der Waals surface area contributed by atoms with Crippen LogP contribution in [0.4, 0.5) is 5.69 Å². The van der Waals surface area contributed by atoms with E-state index < -0.39 is 29.7 Å². The highest BCUT2D eigenvalue weighted by Gasteiger charge is 2.55. The maximum atomic E-state index is 12.5. The average molecular weight is 308 g/mol. The van der Waals surface area contributed by atoms with Gasteiger partial charge in [0, 0.05) is 5.02 Å². The lowest BCUT2D eigenvalue weighted by molar-refractivity contribution is -0.133. The highest BCUT2D eigenvalue weighted by Crippen LogP contribution is 2.31. The number of rotatable bonds is 2. The number of hydrogen-bond donors (Lipinski definition) is 1. The van der Waals surface area contributed by atoms with Crippen LogP contribution in [0.2, 0.25) is 5.02 Å². The number of nitrogens with one attached hydrogen (secondary N) is 1. The fraction of sp³-hybridized carbons (Fsp3) is 0.231. The zero-order valence-electron chi connectivity index (χ0n) is 10.9. The van der Waals surface area contributed by atoms with Crippen molar-refractivity contribution in [3.8, 4) is 0 Å². The van der Waals surface area contributed by atoms with Gasteiger partial charge in [0.25, 0.3) is 5.91 Å². The molecule has 1 saturated heterocycles. The monoisotopic (exact) mass is 307 g/mol. The Balaban J connectivity index is 1.95. The highest BCUT2D eigenvalue weighted by atomic mass is 35.5. The summed E-state index contributed by atoms with van der Waals surface area (Å²) >= 11 is 5.79. The van der Waals surface area contributed by atoms with Crippen molar-refractivity contribution in [3.05, 3.63) is 29.3 Å². The van der Waals surface area contributed by atoms with Gasteiger partial charge in [-0.15, -0.1) is 0 Å². The van der Waals surface area contributed by atoms with Gasteiger partial charge in [0.15, 0.2) is 5.71 Å². The third-order valence-corrected chi connectivity index (χ3v) is 3.66. The van der Waals surface area contributed by atoms with Gasteiger partial charge in [0.05, 0.1) is 12.8 Å². The second-order valence-electron chi connectivity index (χ2n) is 4.56. The van der Waals surface area contributed by atoms with Crippen LogP contribution in [0.3, 0.4) is 0 Å². The normalized spacial score (nSPS) is 23.7. The van der Waals surface area contributed by atoms with Crippen LogP contribution in [0.15, 0.2) is 29.4 Å². The number of hydrogen-bond acceptors (Lipinski definition) is 6. The molecule has 7 nitrogen and oxygen atoms in total. The van der Waals surface area contributed by atoms with E-state index >= 15 is 0 Å². The molecule has 1 aromatic carbocycles. The summed E-state index contributed by atoms with van der Waals surface area (Å²) < 4.78 is 4.57. The standard InChI is InChI=1S/C13H10ClN3O4/c1-21-13(20)10-8-9(15-16-10)12(19)17(11(8)18)7-4-2-6(14)3-5-7/h2-5,8-9,15H,1H3/t8-,9+/m1/s1. The van der Waals surface area contributed by atoms with Gasteiger partial charge in [0.1, 0.15) is 12.0 Å². The first kappa shape index (κ1) is 13.6. The Labute approximate surface area is 124 Å². The van der Waals surface area contributed by atoms with Crippen molar-refractivity contribution >= 4 is 40.8 Å². The number of anilines is 1. The zero-order valence-corrected chi connectivity index (χ0v) is 11.6. The van der Waals surface area contributed by atoms with Crippen molar-refractivity contribution in [3.63, 3.8) is 0 Å². The molecule has 1 aromatic rings. The molecular formula is C13H10ClN3O4. The van der Waals surface area contributed by atoms with Crippen molar-refractivity contribution in [2.24, 2.45) is 11.0 Å². The predicted octanol–water partition coefficient (Wildman–Crippen LogP) is 0.330. The van der Waals surface area contributed by atoms with Crippen molar-refractivity contribution < 1.29 is 19.1 Å². The van der Waals surface area contributed by atoms with Crippen LogP contribution in [0.1, 0.15) is 0 Å². The molecule has 0 spiro atoms. The minimum atomic E-state index is -0.958. The SMILES string of the molecule is COC(=O)C1=NN[C@@H]2C(=O)N(c3ccc(Cl)cc3)C(=O)[C@@H]12. The van der Waals surface area contributed by atoms with Crippen LogP contribution in [-0.4, -0.2) is 36.6 Å². The molecule has 0 bridgehead atoms. The van der Waals surface area contributed by atoms with E-state index in [1.54, 1.807) is 24.3 Å². The Bertz CT molecular complexity index is 670. The third-order valence-electron chi connectivity index (χ3n) is 3.40.